The molecule has 1 aromatic carbocycles. The summed E-state index contributed by atoms with van der Waals surface area (Å²) in [5, 5.41) is 10.3. The standard InChI is InChI=1S/C16H25NO2/c1-17(2)11-15-14(8-5-9-16(15)18)12-6-4-7-13(10-12)19-3/h4,6-7,10,14-16,18H,5,8-9,11H2,1-3H3. The highest BCUT2D eigenvalue weighted by Gasteiger charge is 2.33. The molecule has 1 aliphatic rings. The van der Waals surface area contributed by atoms with Gasteiger partial charge in [-0.25, -0.2) is 0 Å². The molecule has 3 nitrogen and oxygen atoms in total. The van der Waals surface area contributed by atoms with Gasteiger partial charge in [0.05, 0.1) is 13.2 Å². The highest BCUT2D eigenvalue weighted by molar-refractivity contribution is 5.31. The monoisotopic (exact) mass is 263 g/mol. The molecule has 3 atom stereocenters. The average Bonchev–Trinajstić information content (AvgIpc) is 2.40. The minimum absolute atomic E-state index is 0.188. The van der Waals surface area contributed by atoms with Crippen LogP contribution in [0, 0.1) is 5.92 Å². The van der Waals surface area contributed by atoms with E-state index in [0.29, 0.717) is 11.8 Å². The highest BCUT2D eigenvalue weighted by Crippen LogP contribution is 2.39. The van der Waals surface area contributed by atoms with Crippen LogP contribution in [0.3, 0.4) is 0 Å². The summed E-state index contributed by atoms with van der Waals surface area (Å²) in [6.07, 6.45) is 3.00. The van der Waals surface area contributed by atoms with Crippen molar-refractivity contribution in [2.45, 2.75) is 31.3 Å². The smallest absolute Gasteiger partial charge is 0.119 e. The lowest BCUT2D eigenvalue weighted by molar-refractivity contribution is 0.0414. The molecule has 3 unspecified atom stereocenters. The first kappa shape index (κ1) is 14.4. The third-order valence-electron chi connectivity index (χ3n) is 4.12. The third-order valence-corrected chi connectivity index (χ3v) is 4.12. The summed E-state index contributed by atoms with van der Waals surface area (Å²) in [6, 6.07) is 8.30. The summed E-state index contributed by atoms with van der Waals surface area (Å²) < 4.78 is 5.32. The van der Waals surface area contributed by atoms with E-state index in [0.717, 1.165) is 31.6 Å². The Morgan fingerprint density at radius 3 is 2.79 bits per heavy atom. The quantitative estimate of drug-likeness (QED) is 0.906. The SMILES string of the molecule is COc1cccc(C2CCCC(O)C2CN(C)C)c1. The Hall–Kier alpha value is -1.06. The van der Waals surface area contributed by atoms with E-state index < -0.39 is 0 Å². The second kappa shape index (κ2) is 6.40. The zero-order chi connectivity index (χ0) is 13.8. The molecule has 0 aliphatic heterocycles. The predicted molar refractivity (Wildman–Crippen MR) is 77.6 cm³/mol. The highest BCUT2D eigenvalue weighted by atomic mass is 16.5. The summed E-state index contributed by atoms with van der Waals surface area (Å²) in [5.41, 5.74) is 1.30. The fourth-order valence-electron chi connectivity index (χ4n) is 3.20. The molecule has 1 saturated carbocycles. The molecule has 0 amide bonds. The Balaban J connectivity index is 2.22. The van der Waals surface area contributed by atoms with E-state index in [1.807, 2.05) is 12.1 Å². The third kappa shape index (κ3) is 3.48. The van der Waals surface area contributed by atoms with Gasteiger partial charge in [0.1, 0.15) is 5.75 Å². The van der Waals surface area contributed by atoms with Crippen molar-refractivity contribution >= 4 is 0 Å². The van der Waals surface area contributed by atoms with E-state index in [4.69, 9.17) is 4.74 Å². The molecule has 1 N–H and O–H groups in total. The van der Waals surface area contributed by atoms with Crippen LogP contribution in [0.2, 0.25) is 0 Å². The number of ether oxygens (including phenoxy) is 1. The number of rotatable bonds is 4. The first-order chi connectivity index (χ1) is 9.11. The van der Waals surface area contributed by atoms with Gasteiger partial charge in [0.2, 0.25) is 0 Å². The van der Waals surface area contributed by atoms with Gasteiger partial charge >= 0.3 is 0 Å². The fourth-order valence-corrected chi connectivity index (χ4v) is 3.20. The first-order valence-electron chi connectivity index (χ1n) is 7.08. The van der Waals surface area contributed by atoms with Crippen LogP contribution >= 0.6 is 0 Å². The number of aliphatic hydroxyl groups is 1. The molecule has 0 aromatic heterocycles. The van der Waals surface area contributed by atoms with Gasteiger partial charge in [-0.05, 0) is 50.6 Å². The van der Waals surface area contributed by atoms with Crippen molar-refractivity contribution < 1.29 is 9.84 Å². The lowest BCUT2D eigenvalue weighted by Crippen LogP contribution is -2.38. The van der Waals surface area contributed by atoms with Gasteiger partial charge in [0.25, 0.3) is 0 Å². The molecule has 1 aliphatic carbocycles. The molecule has 19 heavy (non-hydrogen) atoms. The Morgan fingerprint density at radius 1 is 1.32 bits per heavy atom. The molecule has 0 radical (unpaired) electrons. The number of aliphatic hydroxyl groups excluding tert-OH is 1. The van der Waals surface area contributed by atoms with Crippen LogP contribution in [0.25, 0.3) is 0 Å². The maximum atomic E-state index is 10.3. The lowest BCUT2D eigenvalue weighted by Gasteiger charge is -2.37. The average molecular weight is 263 g/mol. The van der Waals surface area contributed by atoms with E-state index in [1.54, 1.807) is 7.11 Å². The van der Waals surface area contributed by atoms with Crippen molar-refractivity contribution in [1.29, 1.82) is 0 Å². The van der Waals surface area contributed by atoms with E-state index in [1.165, 1.54) is 5.56 Å². The van der Waals surface area contributed by atoms with Crippen LogP contribution in [-0.2, 0) is 0 Å². The minimum Gasteiger partial charge on any atom is -0.497 e. The lowest BCUT2D eigenvalue weighted by atomic mass is 9.73. The molecule has 0 spiro atoms. The van der Waals surface area contributed by atoms with Crippen LogP contribution < -0.4 is 4.74 Å². The maximum Gasteiger partial charge on any atom is 0.119 e. The van der Waals surface area contributed by atoms with Gasteiger partial charge in [0, 0.05) is 12.5 Å². The van der Waals surface area contributed by atoms with E-state index in [2.05, 4.69) is 31.1 Å². The predicted octanol–water partition coefficient (Wildman–Crippen LogP) is 2.50. The maximum absolute atomic E-state index is 10.3. The van der Waals surface area contributed by atoms with E-state index in [-0.39, 0.29) is 6.10 Å². The van der Waals surface area contributed by atoms with Gasteiger partial charge in [0.15, 0.2) is 0 Å². The Labute approximate surface area is 116 Å². The molecular formula is C16H25NO2. The normalized spacial score (nSPS) is 27.5. The largest absolute Gasteiger partial charge is 0.497 e. The van der Waals surface area contributed by atoms with Crippen molar-refractivity contribution in [3.8, 4) is 5.75 Å². The molecule has 0 bridgehead atoms. The molecule has 3 heteroatoms. The van der Waals surface area contributed by atoms with E-state index in [9.17, 15) is 5.11 Å². The summed E-state index contributed by atoms with van der Waals surface area (Å²) in [5.74, 6) is 1.65. The van der Waals surface area contributed by atoms with Crippen molar-refractivity contribution in [2.75, 3.05) is 27.7 Å². The zero-order valence-electron chi connectivity index (χ0n) is 12.2. The minimum atomic E-state index is -0.188. The molecule has 1 aromatic rings. The number of nitrogens with zero attached hydrogens (tertiary/aromatic N) is 1. The Morgan fingerprint density at radius 2 is 2.11 bits per heavy atom. The second-order valence-corrected chi connectivity index (χ2v) is 5.81. The van der Waals surface area contributed by atoms with Gasteiger partial charge in [-0.3, -0.25) is 0 Å². The van der Waals surface area contributed by atoms with Gasteiger partial charge in [-0.15, -0.1) is 0 Å². The molecular weight excluding hydrogens is 238 g/mol. The van der Waals surface area contributed by atoms with Crippen molar-refractivity contribution in [3.63, 3.8) is 0 Å². The Kier molecular flexibility index (Phi) is 4.83. The van der Waals surface area contributed by atoms with Crippen LogP contribution in [0.15, 0.2) is 24.3 Å². The van der Waals surface area contributed by atoms with Crippen molar-refractivity contribution in [2.24, 2.45) is 5.92 Å². The van der Waals surface area contributed by atoms with Crippen LogP contribution in [0.5, 0.6) is 5.75 Å². The number of benzene rings is 1. The van der Waals surface area contributed by atoms with Crippen molar-refractivity contribution in [3.05, 3.63) is 29.8 Å². The van der Waals surface area contributed by atoms with Crippen LogP contribution in [0.4, 0.5) is 0 Å². The topological polar surface area (TPSA) is 32.7 Å². The Bertz CT molecular complexity index is 405. The molecule has 106 valence electrons. The molecule has 0 heterocycles. The van der Waals surface area contributed by atoms with Gasteiger partial charge < -0.3 is 14.7 Å². The molecule has 1 fully saturated rings. The molecule has 2 rings (SSSR count). The summed E-state index contributed by atoms with van der Waals surface area (Å²) in [6.45, 7) is 0.934. The molecule has 0 saturated heterocycles. The first-order valence-corrected chi connectivity index (χ1v) is 7.08. The van der Waals surface area contributed by atoms with E-state index >= 15 is 0 Å². The van der Waals surface area contributed by atoms with Crippen LogP contribution in [-0.4, -0.2) is 43.9 Å². The summed E-state index contributed by atoms with van der Waals surface area (Å²) in [7, 11) is 5.85. The van der Waals surface area contributed by atoms with Gasteiger partial charge in [-0.2, -0.15) is 0 Å². The second-order valence-electron chi connectivity index (χ2n) is 5.81. The number of hydrogen-bond donors (Lipinski definition) is 1. The number of hydrogen-bond acceptors (Lipinski definition) is 3. The summed E-state index contributed by atoms with van der Waals surface area (Å²) in [4.78, 5) is 2.17. The van der Waals surface area contributed by atoms with Crippen molar-refractivity contribution in [1.82, 2.24) is 4.90 Å². The van der Waals surface area contributed by atoms with Gasteiger partial charge in [-0.1, -0.05) is 18.6 Å². The van der Waals surface area contributed by atoms with Crippen LogP contribution in [0.1, 0.15) is 30.7 Å². The fraction of sp³-hybridized carbons (Fsp3) is 0.625. The number of methoxy groups -OCH3 is 1. The zero-order valence-corrected chi connectivity index (χ0v) is 12.2. The summed E-state index contributed by atoms with van der Waals surface area (Å²) >= 11 is 0.